The fraction of sp³-hybridized carbons (Fsp3) is 0.300. The summed E-state index contributed by atoms with van der Waals surface area (Å²) in [6, 6.07) is 5.76. The molecule has 0 amide bonds. The van der Waals surface area contributed by atoms with E-state index < -0.39 is 12.1 Å². The first-order chi connectivity index (χ1) is 6.59. The standard InChI is InChI=1S/C10H11FO3/c11-8-4-1-7(2-5-8)3-6-9(12)10(13)14/h1-2,4-5,9,12H,3,6H2,(H,13,14)/t9-/m0/s1. The highest BCUT2D eigenvalue weighted by Gasteiger charge is 2.12. The summed E-state index contributed by atoms with van der Waals surface area (Å²) < 4.78 is 12.5. The van der Waals surface area contributed by atoms with Crippen LogP contribution in [0.25, 0.3) is 0 Å². The number of benzene rings is 1. The summed E-state index contributed by atoms with van der Waals surface area (Å²) >= 11 is 0. The molecule has 76 valence electrons. The highest BCUT2D eigenvalue weighted by atomic mass is 19.1. The monoisotopic (exact) mass is 198 g/mol. The molecule has 0 aliphatic carbocycles. The number of hydrogen-bond acceptors (Lipinski definition) is 2. The van der Waals surface area contributed by atoms with Crippen LogP contribution < -0.4 is 0 Å². The number of halogens is 1. The highest BCUT2D eigenvalue weighted by molar-refractivity contribution is 5.71. The summed E-state index contributed by atoms with van der Waals surface area (Å²) in [4.78, 5) is 10.3. The van der Waals surface area contributed by atoms with Gasteiger partial charge in [0.1, 0.15) is 5.82 Å². The minimum atomic E-state index is -1.35. The van der Waals surface area contributed by atoms with Gasteiger partial charge in [-0.05, 0) is 30.5 Å². The number of carboxylic acids is 1. The second-order valence-corrected chi connectivity index (χ2v) is 3.02. The average Bonchev–Trinajstić information content (AvgIpc) is 2.16. The number of carbonyl (C=O) groups is 1. The molecule has 0 aliphatic rings. The second-order valence-electron chi connectivity index (χ2n) is 3.02. The number of aliphatic hydroxyl groups is 1. The topological polar surface area (TPSA) is 57.5 Å². The molecule has 1 aromatic rings. The van der Waals surface area contributed by atoms with E-state index in [4.69, 9.17) is 10.2 Å². The van der Waals surface area contributed by atoms with Gasteiger partial charge in [0, 0.05) is 0 Å². The van der Waals surface area contributed by atoms with Crippen LogP contribution in [0.4, 0.5) is 4.39 Å². The Hall–Kier alpha value is -1.42. The van der Waals surface area contributed by atoms with Gasteiger partial charge in [-0.2, -0.15) is 0 Å². The molecular formula is C10H11FO3. The van der Waals surface area contributed by atoms with E-state index in [1.807, 2.05) is 0 Å². The Bertz CT molecular complexity index is 308. The molecule has 0 fully saturated rings. The zero-order chi connectivity index (χ0) is 10.6. The molecule has 0 heterocycles. The van der Waals surface area contributed by atoms with Crippen LogP contribution in [0.1, 0.15) is 12.0 Å². The Balaban J connectivity index is 2.46. The number of aliphatic carboxylic acids is 1. The van der Waals surface area contributed by atoms with Crippen molar-refractivity contribution in [1.29, 1.82) is 0 Å². The van der Waals surface area contributed by atoms with Gasteiger partial charge in [0.15, 0.2) is 6.10 Å². The minimum Gasteiger partial charge on any atom is -0.479 e. The van der Waals surface area contributed by atoms with Gasteiger partial charge in [-0.3, -0.25) is 0 Å². The summed E-state index contributed by atoms with van der Waals surface area (Å²) in [7, 11) is 0. The summed E-state index contributed by atoms with van der Waals surface area (Å²) in [6.07, 6.45) is -0.783. The van der Waals surface area contributed by atoms with Crippen LogP contribution in [-0.2, 0) is 11.2 Å². The van der Waals surface area contributed by atoms with E-state index in [1.165, 1.54) is 12.1 Å². The maximum absolute atomic E-state index is 12.5. The van der Waals surface area contributed by atoms with Crippen molar-refractivity contribution in [2.24, 2.45) is 0 Å². The molecule has 14 heavy (non-hydrogen) atoms. The Kier molecular flexibility index (Phi) is 3.59. The SMILES string of the molecule is O=C(O)[C@@H](O)CCc1ccc(F)cc1. The fourth-order valence-corrected chi connectivity index (χ4v) is 1.08. The zero-order valence-corrected chi connectivity index (χ0v) is 7.48. The van der Waals surface area contributed by atoms with Gasteiger partial charge in [-0.1, -0.05) is 12.1 Å². The van der Waals surface area contributed by atoms with Crippen molar-refractivity contribution >= 4 is 5.97 Å². The van der Waals surface area contributed by atoms with Crippen molar-refractivity contribution in [2.75, 3.05) is 0 Å². The quantitative estimate of drug-likeness (QED) is 0.764. The van der Waals surface area contributed by atoms with Gasteiger partial charge in [0.2, 0.25) is 0 Å². The van der Waals surface area contributed by atoms with E-state index in [2.05, 4.69) is 0 Å². The summed E-state index contributed by atoms with van der Waals surface area (Å²) in [5, 5.41) is 17.4. The predicted molar refractivity (Wildman–Crippen MR) is 48.4 cm³/mol. The van der Waals surface area contributed by atoms with Crippen molar-refractivity contribution in [1.82, 2.24) is 0 Å². The highest BCUT2D eigenvalue weighted by Crippen LogP contribution is 2.07. The lowest BCUT2D eigenvalue weighted by Crippen LogP contribution is -2.19. The molecular weight excluding hydrogens is 187 g/mol. The van der Waals surface area contributed by atoms with Crippen LogP contribution in [0.15, 0.2) is 24.3 Å². The molecule has 0 bridgehead atoms. The molecule has 4 heteroatoms. The number of aliphatic hydroxyl groups excluding tert-OH is 1. The van der Waals surface area contributed by atoms with Gasteiger partial charge in [0.05, 0.1) is 0 Å². The van der Waals surface area contributed by atoms with Gasteiger partial charge in [-0.25, -0.2) is 9.18 Å². The molecule has 0 aromatic heterocycles. The smallest absolute Gasteiger partial charge is 0.332 e. The van der Waals surface area contributed by atoms with Crippen molar-refractivity contribution in [3.8, 4) is 0 Å². The number of rotatable bonds is 4. The van der Waals surface area contributed by atoms with E-state index in [9.17, 15) is 9.18 Å². The third kappa shape index (κ3) is 3.14. The Labute approximate surface area is 80.8 Å². The first kappa shape index (κ1) is 10.7. The van der Waals surface area contributed by atoms with E-state index >= 15 is 0 Å². The molecule has 0 saturated heterocycles. The minimum absolute atomic E-state index is 0.140. The number of carboxylic acid groups (broad SMARTS) is 1. The van der Waals surface area contributed by atoms with Crippen molar-refractivity contribution in [2.45, 2.75) is 18.9 Å². The first-order valence-electron chi connectivity index (χ1n) is 4.25. The molecule has 2 N–H and O–H groups in total. The molecule has 0 unspecified atom stereocenters. The molecule has 3 nitrogen and oxygen atoms in total. The molecule has 0 radical (unpaired) electrons. The Morgan fingerprint density at radius 2 is 1.93 bits per heavy atom. The van der Waals surface area contributed by atoms with Crippen molar-refractivity contribution < 1.29 is 19.4 Å². The Morgan fingerprint density at radius 3 is 2.43 bits per heavy atom. The molecule has 0 aliphatic heterocycles. The normalized spacial score (nSPS) is 12.4. The first-order valence-corrected chi connectivity index (χ1v) is 4.25. The summed E-state index contributed by atoms with van der Waals surface area (Å²) in [5.74, 6) is -1.56. The third-order valence-electron chi connectivity index (χ3n) is 1.90. The van der Waals surface area contributed by atoms with Crippen LogP contribution in [0.2, 0.25) is 0 Å². The van der Waals surface area contributed by atoms with Gasteiger partial charge in [0.25, 0.3) is 0 Å². The van der Waals surface area contributed by atoms with Crippen molar-refractivity contribution in [3.05, 3.63) is 35.6 Å². The lowest BCUT2D eigenvalue weighted by molar-refractivity contribution is -0.146. The van der Waals surface area contributed by atoms with Crippen LogP contribution in [0, 0.1) is 5.82 Å². The van der Waals surface area contributed by atoms with Crippen LogP contribution in [0.3, 0.4) is 0 Å². The van der Waals surface area contributed by atoms with E-state index in [0.29, 0.717) is 6.42 Å². The predicted octanol–water partition coefficient (Wildman–Crippen LogP) is 1.20. The summed E-state index contributed by atoms with van der Waals surface area (Å²) in [6.45, 7) is 0. The van der Waals surface area contributed by atoms with Gasteiger partial charge < -0.3 is 10.2 Å². The van der Waals surface area contributed by atoms with E-state index in [0.717, 1.165) is 5.56 Å². The largest absolute Gasteiger partial charge is 0.479 e. The lowest BCUT2D eigenvalue weighted by Gasteiger charge is -2.04. The van der Waals surface area contributed by atoms with E-state index in [-0.39, 0.29) is 12.2 Å². The number of hydrogen-bond donors (Lipinski definition) is 2. The Morgan fingerprint density at radius 1 is 1.36 bits per heavy atom. The second kappa shape index (κ2) is 4.72. The van der Waals surface area contributed by atoms with E-state index in [1.54, 1.807) is 12.1 Å². The van der Waals surface area contributed by atoms with Gasteiger partial charge >= 0.3 is 5.97 Å². The van der Waals surface area contributed by atoms with Crippen LogP contribution in [-0.4, -0.2) is 22.3 Å². The van der Waals surface area contributed by atoms with Crippen LogP contribution >= 0.6 is 0 Å². The molecule has 0 saturated carbocycles. The molecule has 0 spiro atoms. The van der Waals surface area contributed by atoms with Crippen molar-refractivity contribution in [3.63, 3.8) is 0 Å². The maximum Gasteiger partial charge on any atom is 0.332 e. The lowest BCUT2D eigenvalue weighted by atomic mass is 10.1. The van der Waals surface area contributed by atoms with Crippen LogP contribution in [0.5, 0.6) is 0 Å². The molecule has 1 aromatic carbocycles. The zero-order valence-electron chi connectivity index (χ0n) is 7.48. The average molecular weight is 198 g/mol. The molecule has 1 rings (SSSR count). The molecule has 1 atom stereocenters. The summed E-state index contributed by atoms with van der Waals surface area (Å²) in [5.41, 5.74) is 0.812. The fourth-order valence-electron chi connectivity index (χ4n) is 1.08. The number of aryl methyl sites for hydroxylation is 1. The van der Waals surface area contributed by atoms with Gasteiger partial charge in [-0.15, -0.1) is 0 Å². The maximum atomic E-state index is 12.5. The third-order valence-corrected chi connectivity index (χ3v) is 1.90.